The minimum absolute atomic E-state index is 0.0150. The third kappa shape index (κ3) is 3.54. The lowest BCUT2D eigenvalue weighted by Gasteiger charge is -2.26. The van der Waals surface area contributed by atoms with Crippen LogP contribution >= 0.6 is 11.8 Å². The first kappa shape index (κ1) is 17.5. The molecule has 0 aromatic heterocycles. The molecule has 0 aliphatic carbocycles. The Labute approximate surface area is 151 Å². The molecule has 3 rings (SSSR count). The summed E-state index contributed by atoms with van der Waals surface area (Å²) in [6, 6.07) is 12.9. The van der Waals surface area contributed by atoms with E-state index in [9.17, 15) is 4.79 Å². The van der Waals surface area contributed by atoms with E-state index in [-0.39, 0.29) is 11.3 Å². The number of ether oxygens (including phenoxy) is 3. The van der Waals surface area contributed by atoms with Crippen molar-refractivity contribution in [3.63, 3.8) is 0 Å². The molecule has 1 atom stereocenters. The minimum Gasteiger partial charge on any atom is -0.497 e. The number of hydrogen-bond acceptors (Lipinski definition) is 5. The van der Waals surface area contributed by atoms with Crippen LogP contribution in [0.15, 0.2) is 42.5 Å². The maximum atomic E-state index is 13.0. The molecule has 0 saturated carbocycles. The highest BCUT2D eigenvalue weighted by atomic mass is 32.2. The summed E-state index contributed by atoms with van der Waals surface area (Å²) in [5, 5.41) is -0.108. The number of rotatable bonds is 5. The van der Waals surface area contributed by atoms with Gasteiger partial charge in [-0.2, -0.15) is 0 Å². The number of nitrogens with zero attached hydrogens (tertiary/aromatic N) is 1. The molecule has 0 bridgehead atoms. The molecule has 0 radical (unpaired) electrons. The number of carbonyl (C=O) groups is 1. The molecule has 0 unspecified atom stereocenters. The largest absolute Gasteiger partial charge is 0.497 e. The lowest BCUT2D eigenvalue weighted by Crippen LogP contribution is -2.30. The molecule has 1 aliphatic rings. The highest BCUT2D eigenvalue weighted by Gasteiger charge is 2.33. The topological polar surface area (TPSA) is 48.0 Å². The van der Waals surface area contributed by atoms with Crippen molar-refractivity contribution in [3.8, 4) is 17.2 Å². The average Bonchev–Trinajstić information content (AvgIpc) is 3.16. The maximum Gasteiger partial charge on any atom is 0.255 e. The monoisotopic (exact) mass is 359 g/mol. The van der Waals surface area contributed by atoms with Gasteiger partial charge in [-0.1, -0.05) is 6.07 Å². The van der Waals surface area contributed by atoms with E-state index in [1.54, 1.807) is 39.2 Å². The quantitative estimate of drug-likeness (QED) is 0.816. The van der Waals surface area contributed by atoms with Gasteiger partial charge in [-0.25, -0.2) is 0 Å². The molecule has 6 heteroatoms. The van der Waals surface area contributed by atoms with Gasteiger partial charge in [0.2, 0.25) is 0 Å². The van der Waals surface area contributed by atoms with Crippen LogP contribution in [0.3, 0.4) is 0 Å². The van der Waals surface area contributed by atoms with Gasteiger partial charge in [0, 0.05) is 23.4 Å². The van der Waals surface area contributed by atoms with Crippen molar-refractivity contribution in [3.05, 3.63) is 53.6 Å². The first-order valence-corrected chi connectivity index (χ1v) is 9.01. The third-order valence-electron chi connectivity index (χ3n) is 4.17. The molecule has 5 nitrogen and oxygen atoms in total. The number of hydrogen-bond donors (Lipinski definition) is 0. The van der Waals surface area contributed by atoms with Crippen LogP contribution in [-0.2, 0) is 0 Å². The predicted octanol–water partition coefficient (Wildman–Crippen LogP) is 3.60. The summed E-state index contributed by atoms with van der Waals surface area (Å²) < 4.78 is 16.1. The van der Waals surface area contributed by atoms with Gasteiger partial charge in [0.25, 0.3) is 5.91 Å². The number of benzene rings is 2. The van der Waals surface area contributed by atoms with Gasteiger partial charge in [0.15, 0.2) is 0 Å². The van der Waals surface area contributed by atoms with Crippen molar-refractivity contribution < 1.29 is 19.0 Å². The summed E-state index contributed by atoms with van der Waals surface area (Å²) in [7, 11) is 4.87. The molecule has 1 saturated heterocycles. The Balaban J connectivity index is 1.93. The second kappa shape index (κ2) is 7.70. The Morgan fingerprint density at radius 2 is 1.80 bits per heavy atom. The number of amides is 1. The fourth-order valence-corrected chi connectivity index (χ4v) is 4.16. The summed E-state index contributed by atoms with van der Waals surface area (Å²) in [5.41, 5.74) is 1.56. The average molecular weight is 359 g/mol. The number of methoxy groups -OCH3 is 3. The van der Waals surface area contributed by atoms with Crippen molar-refractivity contribution in [1.82, 2.24) is 4.90 Å². The van der Waals surface area contributed by atoms with E-state index in [4.69, 9.17) is 14.2 Å². The van der Waals surface area contributed by atoms with Crippen LogP contribution in [0.1, 0.15) is 21.3 Å². The van der Waals surface area contributed by atoms with Crippen LogP contribution < -0.4 is 14.2 Å². The molecule has 2 aromatic carbocycles. The maximum absolute atomic E-state index is 13.0. The van der Waals surface area contributed by atoms with E-state index in [0.29, 0.717) is 17.9 Å². The zero-order chi connectivity index (χ0) is 17.8. The normalized spacial score (nSPS) is 16.6. The highest BCUT2D eigenvalue weighted by Crippen LogP contribution is 2.43. The predicted molar refractivity (Wildman–Crippen MR) is 98.8 cm³/mol. The summed E-state index contributed by atoms with van der Waals surface area (Å²) in [6.07, 6.45) is 0. The fraction of sp³-hybridized carbons (Fsp3) is 0.316. The van der Waals surface area contributed by atoms with Gasteiger partial charge in [-0.15, -0.1) is 11.8 Å². The number of carbonyl (C=O) groups excluding carboxylic acids is 1. The van der Waals surface area contributed by atoms with Crippen molar-refractivity contribution in [2.24, 2.45) is 0 Å². The molecule has 0 spiro atoms. The summed E-state index contributed by atoms with van der Waals surface area (Å²) in [6.45, 7) is 0.686. The van der Waals surface area contributed by atoms with Gasteiger partial charge >= 0.3 is 0 Å². The fourth-order valence-electron chi connectivity index (χ4n) is 2.89. The molecule has 1 aliphatic heterocycles. The molecule has 1 fully saturated rings. The minimum atomic E-state index is -0.108. The van der Waals surface area contributed by atoms with Gasteiger partial charge in [-0.05, 0) is 36.4 Å². The van der Waals surface area contributed by atoms with Crippen LogP contribution in [0.2, 0.25) is 0 Å². The van der Waals surface area contributed by atoms with E-state index < -0.39 is 0 Å². The zero-order valence-electron chi connectivity index (χ0n) is 14.5. The van der Waals surface area contributed by atoms with Gasteiger partial charge in [0.05, 0.1) is 21.3 Å². The van der Waals surface area contributed by atoms with E-state index >= 15 is 0 Å². The summed E-state index contributed by atoms with van der Waals surface area (Å²) >= 11 is 1.72. The zero-order valence-corrected chi connectivity index (χ0v) is 15.3. The van der Waals surface area contributed by atoms with Crippen molar-refractivity contribution in [2.75, 3.05) is 33.6 Å². The van der Waals surface area contributed by atoms with E-state index in [0.717, 1.165) is 22.8 Å². The van der Waals surface area contributed by atoms with Gasteiger partial charge in [-0.3, -0.25) is 4.79 Å². The lowest BCUT2D eigenvalue weighted by atomic mass is 10.1. The molecule has 132 valence electrons. The summed E-state index contributed by atoms with van der Waals surface area (Å²) in [5.74, 6) is 3.04. The van der Waals surface area contributed by atoms with Crippen LogP contribution in [0, 0.1) is 0 Å². The van der Waals surface area contributed by atoms with Crippen molar-refractivity contribution in [2.45, 2.75) is 5.37 Å². The Morgan fingerprint density at radius 3 is 2.52 bits per heavy atom. The second-order valence-corrected chi connectivity index (χ2v) is 6.75. The van der Waals surface area contributed by atoms with Gasteiger partial charge < -0.3 is 19.1 Å². The Kier molecular flexibility index (Phi) is 5.38. The van der Waals surface area contributed by atoms with E-state index in [2.05, 4.69) is 0 Å². The Hall–Kier alpha value is -2.34. The second-order valence-electron chi connectivity index (χ2n) is 5.56. The first-order valence-electron chi connectivity index (χ1n) is 7.96. The third-order valence-corrected chi connectivity index (χ3v) is 5.41. The number of thioether (sulfide) groups is 1. The Bertz CT molecular complexity index is 765. The van der Waals surface area contributed by atoms with Crippen molar-refractivity contribution >= 4 is 17.7 Å². The molecule has 2 aromatic rings. The lowest BCUT2D eigenvalue weighted by molar-refractivity contribution is 0.0759. The molecule has 0 N–H and O–H groups in total. The van der Waals surface area contributed by atoms with E-state index in [1.165, 1.54) is 0 Å². The standard InChI is InChI=1S/C19H21NO4S/c1-22-14-6-4-5-13(11-14)18(21)20-9-10-25-19(20)16-12-15(23-2)7-8-17(16)24-3/h4-8,11-12,19H,9-10H2,1-3H3/t19-/m0/s1. The summed E-state index contributed by atoms with van der Waals surface area (Å²) in [4.78, 5) is 14.9. The van der Waals surface area contributed by atoms with Crippen LogP contribution in [0.4, 0.5) is 0 Å². The molecule has 25 heavy (non-hydrogen) atoms. The first-order chi connectivity index (χ1) is 12.2. The highest BCUT2D eigenvalue weighted by molar-refractivity contribution is 7.99. The molecular weight excluding hydrogens is 338 g/mol. The van der Waals surface area contributed by atoms with Crippen LogP contribution in [0.5, 0.6) is 17.2 Å². The van der Waals surface area contributed by atoms with Gasteiger partial charge in [0.1, 0.15) is 22.6 Å². The van der Waals surface area contributed by atoms with Crippen molar-refractivity contribution in [1.29, 1.82) is 0 Å². The molecule has 1 heterocycles. The van der Waals surface area contributed by atoms with E-state index in [1.807, 2.05) is 41.3 Å². The van der Waals surface area contributed by atoms with Crippen LogP contribution in [0.25, 0.3) is 0 Å². The van der Waals surface area contributed by atoms with Crippen LogP contribution in [-0.4, -0.2) is 44.4 Å². The molecule has 1 amide bonds. The smallest absolute Gasteiger partial charge is 0.255 e. The molecular formula is C19H21NO4S. The SMILES string of the molecule is COc1cccc(C(=O)N2CCS[C@H]2c2cc(OC)ccc2OC)c1. The Morgan fingerprint density at radius 1 is 1.04 bits per heavy atom.